The molecule has 0 spiro atoms. The van der Waals surface area contributed by atoms with Crippen LogP contribution in [0.1, 0.15) is 11.1 Å². The Hall–Kier alpha value is -4.24. The zero-order chi connectivity index (χ0) is 23.7. The van der Waals surface area contributed by atoms with Crippen molar-refractivity contribution in [3.8, 4) is 23.0 Å². The van der Waals surface area contributed by atoms with Gasteiger partial charge in [-0.15, -0.1) is 0 Å². The molecular weight excluding hydrogens is 432 g/mol. The van der Waals surface area contributed by atoms with Gasteiger partial charge in [0.2, 0.25) is 5.75 Å². The molecule has 0 heterocycles. The Bertz CT molecular complexity index is 1350. The van der Waals surface area contributed by atoms with E-state index in [0.717, 1.165) is 35.1 Å². The quantitative estimate of drug-likeness (QED) is 0.212. The van der Waals surface area contributed by atoms with Crippen LogP contribution in [0.25, 0.3) is 10.8 Å². The Balaban J connectivity index is 1.47. The number of fused-ring (bicyclic) bond motifs is 1. The highest BCUT2D eigenvalue weighted by Crippen LogP contribution is 2.45. The molecule has 3 nitrogen and oxygen atoms in total. The van der Waals surface area contributed by atoms with Crippen molar-refractivity contribution in [2.24, 2.45) is 0 Å². The summed E-state index contributed by atoms with van der Waals surface area (Å²) >= 11 is 0. The largest absolute Gasteiger partial charge is 0.489 e. The molecule has 0 radical (unpaired) electrons. The fourth-order valence-corrected chi connectivity index (χ4v) is 4.07. The molecule has 0 fully saturated rings. The minimum Gasteiger partial charge on any atom is -0.489 e. The fourth-order valence-electron chi connectivity index (χ4n) is 4.07. The van der Waals surface area contributed by atoms with Gasteiger partial charge in [-0.05, 0) is 34.7 Å². The summed E-state index contributed by atoms with van der Waals surface area (Å²) in [5.74, 6) is 2.76. The average Bonchev–Trinajstić information content (AvgIpc) is 2.91. The molecule has 0 unspecified atom stereocenters. The fraction of sp³-hybridized carbons (Fsp3) is 0.125. The lowest BCUT2D eigenvalue weighted by atomic mass is 10.1. The van der Waals surface area contributed by atoms with E-state index in [1.165, 1.54) is 11.1 Å². The van der Waals surface area contributed by atoms with Gasteiger partial charge in [0, 0.05) is 18.2 Å². The maximum Gasteiger partial charge on any atom is 0.204 e. The summed E-state index contributed by atoms with van der Waals surface area (Å²) in [4.78, 5) is 0. The monoisotopic (exact) mass is 460 g/mol. The van der Waals surface area contributed by atoms with Crippen LogP contribution < -0.4 is 14.2 Å². The van der Waals surface area contributed by atoms with E-state index in [1.54, 1.807) is 0 Å². The molecule has 0 aliphatic rings. The van der Waals surface area contributed by atoms with Gasteiger partial charge in [0.25, 0.3) is 0 Å². The van der Waals surface area contributed by atoms with Gasteiger partial charge in [-0.3, -0.25) is 0 Å². The molecule has 174 valence electrons. The molecule has 0 aliphatic carbocycles. The van der Waals surface area contributed by atoms with Crippen LogP contribution in [0.4, 0.5) is 0 Å². The van der Waals surface area contributed by atoms with Crippen LogP contribution in [0.5, 0.6) is 23.0 Å². The average molecular weight is 461 g/mol. The highest BCUT2D eigenvalue weighted by atomic mass is 16.5. The minimum absolute atomic E-state index is 0.516. The summed E-state index contributed by atoms with van der Waals surface area (Å²) in [5, 5.41) is 2.05. The first-order valence-electron chi connectivity index (χ1n) is 12.0. The van der Waals surface area contributed by atoms with Crippen molar-refractivity contribution >= 4 is 10.8 Å². The predicted molar refractivity (Wildman–Crippen MR) is 142 cm³/mol. The number of hydrogen-bond donors (Lipinski definition) is 0. The Labute approximate surface area is 206 Å². The van der Waals surface area contributed by atoms with Crippen LogP contribution in [0, 0.1) is 0 Å². The summed E-state index contributed by atoms with van der Waals surface area (Å²) in [5.41, 5.74) is 2.46. The van der Waals surface area contributed by atoms with Gasteiger partial charge in [-0.25, -0.2) is 0 Å². The first kappa shape index (κ1) is 22.5. The molecule has 0 saturated carbocycles. The minimum atomic E-state index is 0.516. The highest BCUT2D eigenvalue weighted by Gasteiger charge is 2.19. The lowest BCUT2D eigenvalue weighted by Gasteiger charge is -2.19. The summed E-state index contributed by atoms with van der Waals surface area (Å²) in [6.07, 6.45) is 1.60. The van der Waals surface area contributed by atoms with Crippen molar-refractivity contribution in [3.63, 3.8) is 0 Å². The van der Waals surface area contributed by atoms with Gasteiger partial charge in [-0.2, -0.15) is 0 Å². The van der Waals surface area contributed by atoms with Crippen LogP contribution in [-0.4, -0.2) is 13.2 Å². The van der Waals surface area contributed by atoms with Crippen molar-refractivity contribution in [1.29, 1.82) is 0 Å². The first-order valence-corrected chi connectivity index (χ1v) is 12.0. The van der Waals surface area contributed by atoms with Crippen molar-refractivity contribution in [1.82, 2.24) is 0 Å². The summed E-state index contributed by atoms with van der Waals surface area (Å²) in [6, 6.07) is 40.7. The maximum absolute atomic E-state index is 6.43. The lowest BCUT2D eigenvalue weighted by Crippen LogP contribution is -2.07. The van der Waals surface area contributed by atoms with Gasteiger partial charge in [0.1, 0.15) is 5.75 Å². The molecule has 35 heavy (non-hydrogen) atoms. The summed E-state index contributed by atoms with van der Waals surface area (Å²) in [6.45, 7) is 1.06. The molecule has 0 amide bonds. The molecule has 0 N–H and O–H groups in total. The zero-order valence-corrected chi connectivity index (χ0v) is 19.6. The molecule has 0 saturated heterocycles. The smallest absolute Gasteiger partial charge is 0.204 e. The van der Waals surface area contributed by atoms with E-state index in [1.807, 2.05) is 72.8 Å². The van der Waals surface area contributed by atoms with Crippen LogP contribution in [0.3, 0.4) is 0 Å². The SMILES string of the molecule is c1ccc(CCOc2c(Oc3ccccc3)cc3ccccc3c2OCCc2ccccc2)cc1. The molecule has 0 aromatic heterocycles. The number of para-hydroxylation sites is 1. The number of hydrogen-bond acceptors (Lipinski definition) is 3. The number of rotatable bonds is 10. The number of benzene rings is 5. The molecule has 5 rings (SSSR count). The van der Waals surface area contributed by atoms with Gasteiger partial charge < -0.3 is 14.2 Å². The normalized spacial score (nSPS) is 10.7. The van der Waals surface area contributed by atoms with Crippen LogP contribution in [-0.2, 0) is 12.8 Å². The second-order valence-corrected chi connectivity index (χ2v) is 8.34. The third kappa shape index (κ3) is 5.82. The molecule has 0 bridgehead atoms. The highest BCUT2D eigenvalue weighted by molar-refractivity contribution is 5.93. The van der Waals surface area contributed by atoms with Crippen molar-refractivity contribution in [2.45, 2.75) is 12.8 Å². The summed E-state index contributed by atoms with van der Waals surface area (Å²) in [7, 11) is 0. The Morgan fingerprint density at radius 3 is 1.63 bits per heavy atom. The molecule has 5 aromatic rings. The maximum atomic E-state index is 6.43. The third-order valence-corrected chi connectivity index (χ3v) is 5.85. The molecule has 3 heteroatoms. The summed E-state index contributed by atoms with van der Waals surface area (Å²) < 4.78 is 19.2. The van der Waals surface area contributed by atoms with E-state index in [4.69, 9.17) is 14.2 Å². The standard InChI is InChI=1S/C32H28O3/c1-4-12-25(13-5-1)20-22-33-31-29-19-11-10-16-27(29)24-30(35-28-17-8-3-9-18-28)32(31)34-23-21-26-14-6-2-7-15-26/h1-19,24H,20-23H2. The molecular formula is C32H28O3. The third-order valence-electron chi connectivity index (χ3n) is 5.85. The zero-order valence-electron chi connectivity index (χ0n) is 19.6. The van der Waals surface area contributed by atoms with Crippen molar-refractivity contribution in [2.75, 3.05) is 13.2 Å². The van der Waals surface area contributed by atoms with Crippen LogP contribution in [0.2, 0.25) is 0 Å². The van der Waals surface area contributed by atoms with Gasteiger partial charge >= 0.3 is 0 Å². The van der Waals surface area contributed by atoms with Crippen LogP contribution >= 0.6 is 0 Å². The molecule has 0 atom stereocenters. The van der Waals surface area contributed by atoms with Gasteiger partial charge in [0.05, 0.1) is 13.2 Å². The molecule has 0 aliphatic heterocycles. The second-order valence-electron chi connectivity index (χ2n) is 8.34. The van der Waals surface area contributed by atoms with E-state index >= 15 is 0 Å². The van der Waals surface area contributed by atoms with Crippen molar-refractivity contribution in [3.05, 3.63) is 132 Å². The van der Waals surface area contributed by atoms with Crippen LogP contribution in [0.15, 0.2) is 121 Å². The lowest BCUT2D eigenvalue weighted by molar-refractivity contribution is 0.265. The predicted octanol–water partition coefficient (Wildman–Crippen LogP) is 7.88. The van der Waals surface area contributed by atoms with Crippen molar-refractivity contribution < 1.29 is 14.2 Å². The van der Waals surface area contributed by atoms with E-state index in [-0.39, 0.29) is 0 Å². The van der Waals surface area contributed by atoms with Gasteiger partial charge in [0.15, 0.2) is 11.5 Å². The van der Waals surface area contributed by atoms with E-state index < -0.39 is 0 Å². The second kappa shape index (κ2) is 11.3. The van der Waals surface area contributed by atoms with Gasteiger partial charge in [-0.1, -0.05) is 103 Å². The molecule has 5 aromatic carbocycles. The Morgan fingerprint density at radius 1 is 0.486 bits per heavy atom. The Morgan fingerprint density at radius 2 is 1.00 bits per heavy atom. The van der Waals surface area contributed by atoms with E-state index in [9.17, 15) is 0 Å². The van der Waals surface area contributed by atoms with E-state index in [2.05, 4.69) is 48.5 Å². The Kier molecular flexibility index (Phi) is 7.25. The van der Waals surface area contributed by atoms with E-state index in [0.29, 0.717) is 24.7 Å². The topological polar surface area (TPSA) is 27.7 Å². The number of ether oxygens (including phenoxy) is 3. The first-order chi connectivity index (χ1) is 17.4.